The molecule has 0 saturated carbocycles. The Bertz CT molecular complexity index is 1050. The zero-order valence-electron chi connectivity index (χ0n) is 17.6. The van der Waals surface area contributed by atoms with Gasteiger partial charge in [0, 0.05) is 54.7 Å². The molecule has 1 aromatic carbocycles. The van der Waals surface area contributed by atoms with E-state index in [-0.39, 0.29) is 23.2 Å². The molecule has 1 N–H and O–H groups in total. The molecule has 30 heavy (non-hydrogen) atoms. The first-order chi connectivity index (χ1) is 14.6. The maximum atomic E-state index is 13.3. The second-order valence-electron chi connectivity index (χ2n) is 8.97. The van der Waals surface area contributed by atoms with Crippen molar-refractivity contribution in [1.29, 1.82) is 0 Å². The van der Waals surface area contributed by atoms with Crippen molar-refractivity contribution >= 4 is 16.8 Å². The summed E-state index contributed by atoms with van der Waals surface area (Å²) in [6, 6.07) is 8.11. The highest BCUT2D eigenvalue weighted by Crippen LogP contribution is 2.49. The number of carbonyl (C=O) groups excluding carboxylic acids is 1. The largest absolute Gasteiger partial charge is 0.425 e. The number of benzene rings is 1. The summed E-state index contributed by atoms with van der Waals surface area (Å²) in [5.41, 5.74) is 2.06. The summed E-state index contributed by atoms with van der Waals surface area (Å²) in [7, 11) is 0. The molecule has 158 valence electrons. The van der Waals surface area contributed by atoms with Gasteiger partial charge in [-0.05, 0) is 24.5 Å². The van der Waals surface area contributed by atoms with E-state index in [2.05, 4.69) is 21.2 Å². The van der Waals surface area contributed by atoms with Crippen molar-refractivity contribution in [3.05, 3.63) is 47.8 Å². The minimum atomic E-state index is -0.0467. The minimum absolute atomic E-state index is 0.0467. The van der Waals surface area contributed by atoms with E-state index >= 15 is 0 Å². The number of H-pyrrole nitrogens is 1. The molecule has 1 atom stereocenters. The van der Waals surface area contributed by atoms with Crippen LogP contribution in [0.2, 0.25) is 0 Å². The summed E-state index contributed by atoms with van der Waals surface area (Å²) < 4.78 is 11.7. The number of amides is 1. The maximum Gasteiger partial charge on any atom is 0.227 e. The summed E-state index contributed by atoms with van der Waals surface area (Å²) >= 11 is 0. The fourth-order valence-corrected chi connectivity index (χ4v) is 4.96. The lowest BCUT2D eigenvalue weighted by molar-refractivity contribution is -0.130. The molecule has 0 aliphatic carbocycles. The van der Waals surface area contributed by atoms with Crippen LogP contribution in [0.5, 0.6) is 0 Å². The third-order valence-electron chi connectivity index (χ3n) is 6.75. The van der Waals surface area contributed by atoms with E-state index in [1.165, 1.54) is 0 Å². The predicted octanol–water partition coefficient (Wildman–Crippen LogP) is 3.64. The van der Waals surface area contributed by atoms with Crippen LogP contribution >= 0.6 is 0 Å². The molecule has 0 radical (unpaired) electrons. The SMILES string of the molecule is CC(C)c1nnc(C2CN(C(=O)Cc3c[nH]c4ccccc34)CC23CCOCC3)o1. The summed E-state index contributed by atoms with van der Waals surface area (Å²) in [5.74, 6) is 1.74. The fraction of sp³-hybridized carbons (Fsp3) is 0.522. The van der Waals surface area contributed by atoms with Gasteiger partial charge in [0.2, 0.25) is 17.7 Å². The normalized spacial score (nSPS) is 21.2. The number of fused-ring (bicyclic) bond motifs is 1. The van der Waals surface area contributed by atoms with E-state index in [4.69, 9.17) is 9.15 Å². The van der Waals surface area contributed by atoms with Crippen LogP contribution in [-0.2, 0) is 16.0 Å². The van der Waals surface area contributed by atoms with Crippen molar-refractivity contribution in [2.75, 3.05) is 26.3 Å². The lowest BCUT2D eigenvalue weighted by Gasteiger charge is -2.36. The zero-order valence-corrected chi connectivity index (χ0v) is 17.6. The number of ether oxygens (including phenoxy) is 1. The van der Waals surface area contributed by atoms with E-state index in [9.17, 15) is 4.79 Å². The van der Waals surface area contributed by atoms with Crippen molar-refractivity contribution < 1.29 is 13.9 Å². The second-order valence-corrected chi connectivity index (χ2v) is 8.97. The van der Waals surface area contributed by atoms with Crippen LogP contribution in [0.15, 0.2) is 34.9 Å². The van der Waals surface area contributed by atoms with E-state index in [1.807, 2.05) is 43.1 Å². The van der Waals surface area contributed by atoms with Crippen LogP contribution in [0.25, 0.3) is 10.9 Å². The lowest BCUT2D eigenvalue weighted by Crippen LogP contribution is -2.37. The number of aromatic amines is 1. The van der Waals surface area contributed by atoms with Gasteiger partial charge in [-0.15, -0.1) is 10.2 Å². The molecule has 2 saturated heterocycles. The third-order valence-corrected chi connectivity index (χ3v) is 6.75. The average molecular weight is 409 g/mol. The minimum Gasteiger partial charge on any atom is -0.425 e. The number of likely N-dealkylation sites (tertiary alicyclic amines) is 1. The smallest absolute Gasteiger partial charge is 0.227 e. The van der Waals surface area contributed by atoms with Gasteiger partial charge in [-0.2, -0.15) is 0 Å². The van der Waals surface area contributed by atoms with Crippen LogP contribution in [0.3, 0.4) is 0 Å². The van der Waals surface area contributed by atoms with Crippen LogP contribution in [0, 0.1) is 5.41 Å². The van der Waals surface area contributed by atoms with Gasteiger partial charge >= 0.3 is 0 Å². The average Bonchev–Trinajstić information content (AvgIpc) is 3.47. The van der Waals surface area contributed by atoms with Crippen LogP contribution < -0.4 is 0 Å². The van der Waals surface area contributed by atoms with E-state index in [1.54, 1.807) is 0 Å². The molecular weight excluding hydrogens is 380 g/mol. The van der Waals surface area contributed by atoms with E-state index in [0.29, 0.717) is 38.0 Å². The molecule has 1 unspecified atom stereocenters. The Morgan fingerprint density at radius 1 is 1.27 bits per heavy atom. The molecular formula is C23H28N4O3. The molecule has 0 bridgehead atoms. The Morgan fingerprint density at radius 3 is 2.83 bits per heavy atom. The van der Waals surface area contributed by atoms with Gasteiger partial charge in [-0.25, -0.2) is 0 Å². The van der Waals surface area contributed by atoms with E-state index in [0.717, 1.165) is 35.9 Å². The van der Waals surface area contributed by atoms with Crippen molar-refractivity contribution in [2.45, 2.75) is 44.9 Å². The summed E-state index contributed by atoms with van der Waals surface area (Å²) in [6.45, 7) is 6.88. The van der Waals surface area contributed by atoms with Gasteiger partial charge in [0.15, 0.2) is 0 Å². The first-order valence-corrected chi connectivity index (χ1v) is 10.8. The molecule has 7 heteroatoms. The third kappa shape index (κ3) is 3.31. The standard InChI is InChI=1S/C23H28N4O3/c1-15(2)21-25-26-22(30-21)18-13-27(14-23(18)7-9-29-10-8-23)20(28)11-16-12-24-19-6-4-3-5-17(16)19/h3-6,12,15,18,24H,7-11,13-14H2,1-2H3. The first kappa shape index (κ1) is 19.3. The number of carbonyl (C=O) groups is 1. The zero-order chi connectivity index (χ0) is 20.7. The van der Waals surface area contributed by atoms with Crippen molar-refractivity contribution in [2.24, 2.45) is 5.41 Å². The van der Waals surface area contributed by atoms with Gasteiger partial charge in [0.1, 0.15) is 0 Å². The van der Waals surface area contributed by atoms with Crippen molar-refractivity contribution in [3.8, 4) is 0 Å². The Kier molecular flexibility index (Phi) is 4.85. The molecule has 1 spiro atoms. The topological polar surface area (TPSA) is 84.2 Å². The van der Waals surface area contributed by atoms with Crippen molar-refractivity contribution in [1.82, 2.24) is 20.1 Å². The number of hydrogen-bond donors (Lipinski definition) is 1. The molecule has 7 nitrogen and oxygen atoms in total. The molecule has 2 aliphatic heterocycles. The summed E-state index contributed by atoms with van der Waals surface area (Å²) in [5, 5.41) is 9.74. The number of nitrogens with one attached hydrogen (secondary N) is 1. The van der Waals surface area contributed by atoms with Gasteiger partial charge in [-0.1, -0.05) is 32.0 Å². The number of rotatable bonds is 4. The highest BCUT2D eigenvalue weighted by molar-refractivity contribution is 5.89. The van der Waals surface area contributed by atoms with Crippen LogP contribution in [0.1, 0.15) is 55.9 Å². The van der Waals surface area contributed by atoms with Gasteiger partial charge < -0.3 is 19.0 Å². The van der Waals surface area contributed by atoms with Gasteiger partial charge in [0.05, 0.1) is 12.3 Å². The quantitative estimate of drug-likeness (QED) is 0.712. The van der Waals surface area contributed by atoms with E-state index < -0.39 is 0 Å². The monoisotopic (exact) mass is 408 g/mol. The number of hydrogen-bond acceptors (Lipinski definition) is 5. The number of nitrogens with zero attached hydrogens (tertiary/aromatic N) is 3. The Morgan fingerprint density at radius 2 is 2.07 bits per heavy atom. The fourth-order valence-electron chi connectivity index (χ4n) is 4.96. The molecule has 5 rings (SSSR count). The second kappa shape index (κ2) is 7.54. The lowest BCUT2D eigenvalue weighted by atomic mass is 9.72. The molecule has 2 aliphatic rings. The number of para-hydroxylation sites is 1. The molecule has 2 fully saturated rings. The maximum absolute atomic E-state index is 13.3. The first-order valence-electron chi connectivity index (χ1n) is 10.8. The Hall–Kier alpha value is -2.67. The van der Waals surface area contributed by atoms with Crippen LogP contribution in [-0.4, -0.2) is 52.3 Å². The van der Waals surface area contributed by atoms with Crippen LogP contribution in [0.4, 0.5) is 0 Å². The number of aromatic nitrogens is 3. The Balaban J connectivity index is 1.40. The summed E-state index contributed by atoms with van der Waals surface area (Å²) in [4.78, 5) is 18.6. The Labute approximate surface area is 175 Å². The van der Waals surface area contributed by atoms with Gasteiger partial charge in [0.25, 0.3) is 0 Å². The molecule has 4 heterocycles. The predicted molar refractivity (Wildman–Crippen MR) is 112 cm³/mol. The van der Waals surface area contributed by atoms with Gasteiger partial charge in [-0.3, -0.25) is 4.79 Å². The van der Waals surface area contributed by atoms with Crippen molar-refractivity contribution in [3.63, 3.8) is 0 Å². The highest BCUT2D eigenvalue weighted by Gasteiger charge is 2.51. The summed E-state index contributed by atoms with van der Waals surface area (Å²) in [6.07, 6.45) is 4.17. The molecule has 2 aromatic heterocycles. The highest BCUT2D eigenvalue weighted by atomic mass is 16.5. The molecule has 3 aromatic rings. The molecule has 1 amide bonds.